The minimum absolute atomic E-state index is 0.0264. The quantitative estimate of drug-likeness (QED) is 0.240. The van der Waals surface area contributed by atoms with Crippen LogP contribution in [0.1, 0.15) is 77.5 Å². The van der Waals surface area contributed by atoms with Gasteiger partial charge in [-0.15, -0.1) is 0 Å². The highest BCUT2D eigenvalue weighted by Crippen LogP contribution is 2.30. The van der Waals surface area contributed by atoms with Gasteiger partial charge >= 0.3 is 5.97 Å². The molecule has 238 valence electrons. The van der Waals surface area contributed by atoms with Crippen LogP contribution in [0.4, 0.5) is 4.39 Å². The van der Waals surface area contributed by atoms with Gasteiger partial charge in [0.05, 0.1) is 25.2 Å². The van der Waals surface area contributed by atoms with Crippen LogP contribution < -0.4 is 5.32 Å². The highest BCUT2D eigenvalue weighted by molar-refractivity contribution is 5.96. The van der Waals surface area contributed by atoms with Gasteiger partial charge in [0.2, 0.25) is 0 Å². The number of hydrogen-bond donors (Lipinski definition) is 2. The molecule has 0 aromatic heterocycles. The lowest BCUT2D eigenvalue weighted by molar-refractivity contribution is -0.144. The van der Waals surface area contributed by atoms with Crippen molar-refractivity contribution in [1.82, 2.24) is 10.2 Å². The van der Waals surface area contributed by atoms with Crippen molar-refractivity contribution in [3.05, 3.63) is 119 Å². The van der Waals surface area contributed by atoms with Crippen molar-refractivity contribution in [1.29, 1.82) is 0 Å². The summed E-state index contributed by atoms with van der Waals surface area (Å²) < 4.78 is 18.1. The van der Waals surface area contributed by atoms with E-state index in [9.17, 15) is 14.0 Å². The Balaban J connectivity index is 0.000000519. The molecule has 2 unspecified atom stereocenters. The number of amides is 1. The molecule has 2 atom stereocenters. The molecule has 2 aromatic carbocycles. The molecule has 7 heteroatoms. The predicted molar refractivity (Wildman–Crippen MR) is 176 cm³/mol. The monoisotopic (exact) mass is 604 g/mol. The molecule has 1 heterocycles. The van der Waals surface area contributed by atoms with Crippen molar-refractivity contribution in [2.75, 3.05) is 13.7 Å². The number of halogens is 1. The number of carbonyl (C=O) groups excluding carboxylic acids is 2. The Hall–Kier alpha value is -3.97. The highest BCUT2D eigenvalue weighted by Gasteiger charge is 2.25. The molecule has 1 aliphatic carbocycles. The number of cyclic esters (lactones) is 1. The van der Waals surface area contributed by atoms with Gasteiger partial charge in [0.15, 0.2) is 0 Å². The summed E-state index contributed by atoms with van der Waals surface area (Å²) in [7, 11) is 2.01. The van der Waals surface area contributed by atoms with Crippen molar-refractivity contribution in [3.63, 3.8) is 0 Å². The summed E-state index contributed by atoms with van der Waals surface area (Å²) >= 11 is 0. The summed E-state index contributed by atoms with van der Waals surface area (Å²) in [5.41, 5.74) is 4.55. The van der Waals surface area contributed by atoms with E-state index in [1.165, 1.54) is 12.1 Å². The number of allylic oxidation sites excluding steroid dienone is 6. The second-order valence-corrected chi connectivity index (χ2v) is 10.9. The van der Waals surface area contributed by atoms with Crippen LogP contribution >= 0.6 is 0 Å². The van der Waals surface area contributed by atoms with Crippen LogP contribution in [-0.2, 0) is 20.7 Å². The van der Waals surface area contributed by atoms with E-state index in [0.717, 1.165) is 40.9 Å². The molecule has 6 nitrogen and oxygen atoms in total. The topological polar surface area (TPSA) is 78.9 Å². The molecule has 0 radical (unpaired) electrons. The zero-order valence-corrected chi connectivity index (χ0v) is 27.1. The summed E-state index contributed by atoms with van der Waals surface area (Å²) in [6, 6.07) is 16.6. The summed E-state index contributed by atoms with van der Waals surface area (Å²) in [5.74, 6) is -0.524. The number of aliphatic hydroxyl groups excluding tert-OH is 1. The van der Waals surface area contributed by atoms with E-state index in [2.05, 4.69) is 35.7 Å². The summed E-state index contributed by atoms with van der Waals surface area (Å²) in [5, 5.41) is 12.1. The fraction of sp³-hybridized carbons (Fsp3) is 0.405. The van der Waals surface area contributed by atoms with Gasteiger partial charge in [-0.2, -0.15) is 0 Å². The van der Waals surface area contributed by atoms with Crippen LogP contribution in [0.15, 0.2) is 102 Å². The van der Waals surface area contributed by atoms with Crippen LogP contribution in [0.5, 0.6) is 0 Å². The molecule has 0 spiro atoms. The molecule has 1 aliphatic heterocycles. The Labute approximate surface area is 263 Å². The van der Waals surface area contributed by atoms with Gasteiger partial charge in [-0.05, 0) is 67.5 Å². The zero-order valence-electron chi connectivity index (χ0n) is 27.1. The normalized spacial score (nSPS) is 17.2. The number of hydrogen-bond acceptors (Lipinski definition) is 5. The van der Waals surface area contributed by atoms with Gasteiger partial charge < -0.3 is 20.1 Å². The molecular formula is C37H49FN2O4. The Morgan fingerprint density at radius 3 is 2.41 bits per heavy atom. The third-order valence-corrected chi connectivity index (χ3v) is 7.25. The first kappa shape index (κ1) is 36.2. The van der Waals surface area contributed by atoms with Crippen molar-refractivity contribution in [3.8, 4) is 0 Å². The maximum absolute atomic E-state index is 13.6. The lowest BCUT2D eigenvalue weighted by Crippen LogP contribution is -2.32. The molecule has 1 saturated heterocycles. The van der Waals surface area contributed by atoms with Crippen molar-refractivity contribution in [2.45, 2.75) is 78.9 Å². The molecule has 0 bridgehead atoms. The van der Waals surface area contributed by atoms with E-state index in [0.29, 0.717) is 19.4 Å². The van der Waals surface area contributed by atoms with E-state index in [1.807, 2.05) is 81.6 Å². The molecule has 2 aliphatic rings. The number of aliphatic hydroxyl groups is 1. The zero-order chi connectivity index (χ0) is 32.5. The fourth-order valence-electron chi connectivity index (χ4n) is 4.96. The first-order chi connectivity index (χ1) is 21.2. The highest BCUT2D eigenvalue weighted by atomic mass is 19.1. The smallest absolute Gasteiger partial charge is 0.308 e. The van der Waals surface area contributed by atoms with E-state index < -0.39 is 6.10 Å². The van der Waals surface area contributed by atoms with E-state index >= 15 is 0 Å². The maximum Gasteiger partial charge on any atom is 0.308 e. The molecule has 0 saturated carbocycles. The number of rotatable bonds is 8. The summed E-state index contributed by atoms with van der Waals surface area (Å²) in [4.78, 5) is 26.3. The third-order valence-electron chi connectivity index (χ3n) is 7.25. The second-order valence-electron chi connectivity index (χ2n) is 10.9. The van der Waals surface area contributed by atoms with Gasteiger partial charge in [-0.3, -0.25) is 9.59 Å². The second kappa shape index (κ2) is 19.3. The molecule has 1 fully saturated rings. The Morgan fingerprint density at radius 1 is 1.07 bits per heavy atom. The Bertz CT molecular complexity index is 1300. The average Bonchev–Trinajstić information content (AvgIpc) is 3.39. The molecule has 2 aromatic rings. The summed E-state index contributed by atoms with van der Waals surface area (Å²) in [6.07, 6.45) is 12.4. The lowest BCUT2D eigenvalue weighted by Gasteiger charge is -2.34. The summed E-state index contributed by atoms with van der Waals surface area (Å²) in [6.45, 7) is 10.8. The molecule has 2 N–H and O–H groups in total. The predicted octanol–water partition coefficient (Wildman–Crippen LogP) is 7.59. The SMILES string of the molecule is CC.CC(C)/C(=C(/Cc1ccccc1)C(=O)NC1=CC=CCC=C1)N(C)C(C)c1ccc(F)cc1.O=C1CC(O)CCCO1. The van der Waals surface area contributed by atoms with Gasteiger partial charge in [0.25, 0.3) is 5.91 Å². The largest absolute Gasteiger partial charge is 0.466 e. The van der Waals surface area contributed by atoms with Crippen LogP contribution in [-0.4, -0.2) is 41.6 Å². The van der Waals surface area contributed by atoms with Crippen LogP contribution in [0.3, 0.4) is 0 Å². The number of nitrogens with zero attached hydrogens (tertiary/aromatic N) is 1. The van der Waals surface area contributed by atoms with Crippen molar-refractivity contribution >= 4 is 11.9 Å². The number of benzene rings is 2. The molecule has 1 amide bonds. The molecular weight excluding hydrogens is 555 g/mol. The number of carbonyl (C=O) groups is 2. The average molecular weight is 605 g/mol. The fourth-order valence-corrected chi connectivity index (χ4v) is 4.96. The van der Waals surface area contributed by atoms with Crippen molar-refractivity contribution < 1.29 is 23.8 Å². The van der Waals surface area contributed by atoms with Crippen molar-refractivity contribution in [2.24, 2.45) is 5.92 Å². The minimum atomic E-state index is -0.472. The van der Waals surface area contributed by atoms with Crippen LogP contribution in [0, 0.1) is 11.7 Å². The maximum atomic E-state index is 13.6. The van der Waals surface area contributed by atoms with Gasteiger partial charge in [0.1, 0.15) is 5.82 Å². The van der Waals surface area contributed by atoms with E-state index in [4.69, 9.17) is 5.11 Å². The van der Waals surface area contributed by atoms with E-state index in [1.54, 1.807) is 12.1 Å². The Morgan fingerprint density at radius 2 is 1.75 bits per heavy atom. The molecule has 44 heavy (non-hydrogen) atoms. The number of esters is 1. The number of nitrogens with one attached hydrogen (secondary N) is 1. The minimum Gasteiger partial charge on any atom is -0.466 e. The third kappa shape index (κ3) is 12.0. The standard InChI is InChI=1S/C29H33FN2O.C6H10O3.C2H6/c1-21(2)28(32(4)22(3)24-16-18-25(30)19-17-24)27(20-23-12-8-7-9-13-23)29(33)31-26-14-10-5-6-11-15-26;7-5-2-1-3-9-6(8)4-5;1-2/h5,7-19,21-22H,6,20H2,1-4H3,(H,31,33);5,7H,1-4H2;1-2H3/b28-27+;;. The Kier molecular flexibility index (Phi) is 15.9. The lowest BCUT2D eigenvalue weighted by atomic mass is 9.94. The number of ether oxygens (including phenoxy) is 1. The first-order valence-corrected chi connectivity index (χ1v) is 15.6. The van der Waals surface area contributed by atoms with E-state index in [-0.39, 0.29) is 36.1 Å². The first-order valence-electron chi connectivity index (χ1n) is 15.6. The van der Waals surface area contributed by atoms with Crippen LogP contribution in [0.25, 0.3) is 0 Å². The van der Waals surface area contributed by atoms with Gasteiger partial charge in [0, 0.05) is 30.4 Å². The van der Waals surface area contributed by atoms with Crippen LogP contribution in [0.2, 0.25) is 0 Å². The van der Waals surface area contributed by atoms with Gasteiger partial charge in [-0.1, -0.05) is 88.4 Å². The van der Waals surface area contributed by atoms with Gasteiger partial charge in [-0.25, -0.2) is 4.39 Å². The molecule has 4 rings (SSSR count).